The van der Waals surface area contributed by atoms with Gasteiger partial charge in [0.05, 0.1) is 23.6 Å². The van der Waals surface area contributed by atoms with Crippen LogP contribution in [0, 0.1) is 5.82 Å². The third-order valence-corrected chi connectivity index (χ3v) is 7.20. The van der Waals surface area contributed by atoms with E-state index in [1.54, 1.807) is 28.8 Å². The molecule has 1 amide bonds. The average molecular weight is 504 g/mol. The number of fused-ring (bicyclic) bond motifs is 1. The van der Waals surface area contributed by atoms with Crippen molar-refractivity contribution in [2.45, 2.75) is 36.4 Å². The maximum absolute atomic E-state index is 13.6. The first-order chi connectivity index (χ1) is 17.6. The first kappa shape index (κ1) is 24.2. The molecule has 6 nitrogen and oxygen atoms in total. The molecule has 1 aliphatic heterocycles. The van der Waals surface area contributed by atoms with Crippen LogP contribution in [0.5, 0.6) is 0 Å². The van der Waals surface area contributed by atoms with Crippen LogP contribution < -0.4 is 10.9 Å². The molecule has 5 rings (SSSR count). The van der Waals surface area contributed by atoms with Crippen LogP contribution in [-0.2, 0) is 17.0 Å². The van der Waals surface area contributed by atoms with Gasteiger partial charge in [0.15, 0.2) is 5.16 Å². The summed E-state index contributed by atoms with van der Waals surface area (Å²) in [5.41, 5.74) is 2.73. The summed E-state index contributed by atoms with van der Waals surface area (Å²) < 4.78 is 20.8. The number of hydrogen-bond donors (Lipinski definition) is 1. The number of hydrogen-bond acceptors (Lipinski definition) is 5. The van der Waals surface area contributed by atoms with Gasteiger partial charge in [-0.2, -0.15) is 0 Å². The number of thioether (sulfide) groups is 1. The van der Waals surface area contributed by atoms with Crippen LogP contribution in [0.1, 0.15) is 34.3 Å². The molecule has 1 N–H and O–H groups in total. The van der Waals surface area contributed by atoms with Crippen molar-refractivity contribution in [1.82, 2.24) is 14.9 Å². The number of para-hydroxylation sites is 1. The van der Waals surface area contributed by atoms with Gasteiger partial charge in [-0.05, 0) is 60.4 Å². The smallest absolute Gasteiger partial charge is 0.262 e. The van der Waals surface area contributed by atoms with Crippen LogP contribution in [0.25, 0.3) is 10.9 Å². The molecule has 1 atom stereocenters. The standard InChI is InChI=1S/C28H26FN3O3S/c29-22-6-3-5-20(15-22)18-36-28-31-25-9-2-1-8-24(25)27(34)32(28)17-19-10-12-21(13-11-19)26(33)30-16-23-7-4-14-35-23/h1-3,5-6,8-13,15,23H,4,7,14,16-18H2,(H,30,33)/t23-/m0/s1. The van der Waals surface area contributed by atoms with E-state index in [0.717, 1.165) is 30.6 Å². The van der Waals surface area contributed by atoms with Crippen molar-refractivity contribution in [2.24, 2.45) is 0 Å². The molecule has 0 spiro atoms. The molecule has 36 heavy (non-hydrogen) atoms. The Bertz CT molecular complexity index is 1430. The molecule has 0 saturated carbocycles. The highest BCUT2D eigenvalue weighted by Gasteiger charge is 2.17. The lowest BCUT2D eigenvalue weighted by molar-refractivity contribution is 0.0858. The van der Waals surface area contributed by atoms with Gasteiger partial charge in [0.1, 0.15) is 5.82 Å². The molecule has 4 aromatic rings. The van der Waals surface area contributed by atoms with Crippen molar-refractivity contribution < 1.29 is 13.9 Å². The normalized spacial score (nSPS) is 15.3. The van der Waals surface area contributed by atoms with E-state index in [0.29, 0.717) is 40.5 Å². The predicted octanol–water partition coefficient (Wildman–Crippen LogP) is 4.79. The highest BCUT2D eigenvalue weighted by atomic mass is 32.2. The molecular formula is C28H26FN3O3S. The summed E-state index contributed by atoms with van der Waals surface area (Å²) in [6.07, 6.45) is 2.08. The van der Waals surface area contributed by atoms with Crippen molar-refractivity contribution >= 4 is 28.6 Å². The van der Waals surface area contributed by atoms with E-state index in [1.807, 2.05) is 36.4 Å². The number of ether oxygens (including phenoxy) is 1. The number of halogens is 1. The Hall–Kier alpha value is -3.49. The third-order valence-electron chi connectivity index (χ3n) is 6.15. The molecule has 1 saturated heterocycles. The molecular weight excluding hydrogens is 477 g/mol. The molecule has 0 radical (unpaired) electrons. The lowest BCUT2D eigenvalue weighted by Crippen LogP contribution is -2.31. The van der Waals surface area contributed by atoms with E-state index in [2.05, 4.69) is 5.32 Å². The van der Waals surface area contributed by atoms with E-state index >= 15 is 0 Å². The van der Waals surface area contributed by atoms with Gasteiger partial charge < -0.3 is 10.1 Å². The van der Waals surface area contributed by atoms with E-state index in [4.69, 9.17) is 9.72 Å². The number of carbonyl (C=O) groups is 1. The van der Waals surface area contributed by atoms with Crippen molar-refractivity contribution in [3.63, 3.8) is 0 Å². The Morgan fingerprint density at radius 3 is 2.69 bits per heavy atom. The summed E-state index contributed by atoms with van der Waals surface area (Å²) in [5, 5.41) is 4.02. The zero-order valence-corrected chi connectivity index (χ0v) is 20.5. The first-order valence-electron chi connectivity index (χ1n) is 11.9. The monoisotopic (exact) mass is 503 g/mol. The molecule has 2 heterocycles. The van der Waals surface area contributed by atoms with Gasteiger partial charge in [0.2, 0.25) is 0 Å². The van der Waals surface area contributed by atoms with Gasteiger partial charge in [0.25, 0.3) is 11.5 Å². The van der Waals surface area contributed by atoms with Crippen LogP contribution in [0.3, 0.4) is 0 Å². The maximum atomic E-state index is 13.6. The van der Waals surface area contributed by atoms with Gasteiger partial charge >= 0.3 is 0 Å². The number of amides is 1. The SMILES string of the molecule is O=C(NC[C@@H]1CCCO1)c1ccc(Cn2c(SCc3cccc(F)c3)nc3ccccc3c2=O)cc1. The van der Waals surface area contributed by atoms with E-state index in [9.17, 15) is 14.0 Å². The summed E-state index contributed by atoms with van der Waals surface area (Å²) in [5.74, 6) is 0.0385. The van der Waals surface area contributed by atoms with Crippen LogP contribution in [0.4, 0.5) is 4.39 Å². The highest BCUT2D eigenvalue weighted by Crippen LogP contribution is 2.23. The van der Waals surface area contributed by atoms with Crippen LogP contribution in [-0.4, -0.2) is 34.7 Å². The van der Waals surface area contributed by atoms with Crippen molar-refractivity contribution in [3.05, 3.63) is 106 Å². The summed E-state index contributed by atoms with van der Waals surface area (Å²) in [6, 6.07) is 20.9. The van der Waals surface area contributed by atoms with Gasteiger partial charge in [-0.1, -0.05) is 48.2 Å². The summed E-state index contributed by atoms with van der Waals surface area (Å²) >= 11 is 1.39. The van der Waals surface area contributed by atoms with Crippen LogP contribution in [0.2, 0.25) is 0 Å². The number of nitrogens with one attached hydrogen (secondary N) is 1. The van der Waals surface area contributed by atoms with Crippen molar-refractivity contribution in [2.75, 3.05) is 13.2 Å². The minimum Gasteiger partial charge on any atom is -0.376 e. The van der Waals surface area contributed by atoms with Crippen molar-refractivity contribution in [3.8, 4) is 0 Å². The van der Waals surface area contributed by atoms with Gasteiger partial charge in [-0.25, -0.2) is 9.37 Å². The van der Waals surface area contributed by atoms with Crippen LogP contribution >= 0.6 is 11.8 Å². The van der Waals surface area contributed by atoms with E-state index < -0.39 is 0 Å². The highest BCUT2D eigenvalue weighted by molar-refractivity contribution is 7.98. The lowest BCUT2D eigenvalue weighted by atomic mass is 10.1. The van der Waals surface area contributed by atoms with Gasteiger partial charge in [-0.3, -0.25) is 14.2 Å². The molecule has 0 aliphatic carbocycles. The second kappa shape index (κ2) is 11.1. The summed E-state index contributed by atoms with van der Waals surface area (Å²) in [7, 11) is 0. The zero-order valence-electron chi connectivity index (χ0n) is 19.7. The van der Waals surface area contributed by atoms with E-state index in [1.165, 1.54) is 23.9 Å². The number of carbonyl (C=O) groups excluding carboxylic acids is 1. The van der Waals surface area contributed by atoms with Gasteiger partial charge in [-0.15, -0.1) is 0 Å². The Morgan fingerprint density at radius 2 is 1.92 bits per heavy atom. The largest absolute Gasteiger partial charge is 0.376 e. The topological polar surface area (TPSA) is 73.2 Å². The minimum atomic E-state index is -0.295. The fourth-order valence-corrected chi connectivity index (χ4v) is 5.17. The minimum absolute atomic E-state index is 0.0869. The molecule has 1 aromatic heterocycles. The maximum Gasteiger partial charge on any atom is 0.262 e. The Morgan fingerprint density at radius 1 is 1.08 bits per heavy atom. The number of benzene rings is 3. The zero-order chi connectivity index (χ0) is 24.9. The number of nitrogens with zero attached hydrogens (tertiary/aromatic N) is 2. The first-order valence-corrected chi connectivity index (χ1v) is 12.9. The molecule has 0 unspecified atom stereocenters. The molecule has 184 valence electrons. The average Bonchev–Trinajstić information content (AvgIpc) is 3.42. The molecule has 1 fully saturated rings. The van der Waals surface area contributed by atoms with Crippen molar-refractivity contribution in [1.29, 1.82) is 0 Å². The summed E-state index contributed by atoms with van der Waals surface area (Å²) in [6.45, 7) is 1.56. The second-order valence-corrected chi connectivity index (χ2v) is 9.71. The predicted molar refractivity (Wildman–Crippen MR) is 139 cm³/mol. The lowest BCUT2D eigenvalue weighted by Gasteiger charge is -2.14. The molecule has 1 aliphatic rings. The van der Waals surface area contributed by atoms with E-state index in [-0.39, 0.29) is 23.4 Å². The van der Waals surface area contributed by atoms with Gasteiger partial charge in [0, 0.05) is 24.5 Å². The number of rotatable bonds is 8. The quantitative estimate of drug-likeness (QED) is 0.277. The Kier molecular flexibility index (Phi) is 7.44. The second-order valence-electron chi connectivity index (χ2n) is 8.76. The third kappa shape index (κ3) is 5.66. The molecule has 3 aromatic carbocycles. The Balaban J connectivity index is 1.36. The van der Waals surface area contributed by atoms with Crippen LogP contribution in [0.15, 0.2) is 82.7 Å². The molecule has 8 heteroatoms. The fraction of sp³-hybridized carbons (Fsp3) is 0.250. The summed E-state index contributed by atoms with van der Waals surface area (Å²) in [4.78, 5) is 30.6. The Labute approximate surface area is 212 Å². The fourth-order valence-electron chi connectivity index (χ4n) is 4.23. The molecule has 0 bridgehead atoms. The number of aromatic nitrogens is 2.